The number of benzene rings is 3. The molecule has 7 nitrogen and oxygen atoms in total. The van der Waals surface area contributed by atoms with Gasteiger partial charge in [0.25, 0.3) is 15.9 Å². The maximum absolute atomic E-state index is 14.1. The van der Waals surface area contributed by atoms with Crippen LogP contribution in [0.3, 0.4) is 0 Å². The van der Waals surface area contributed by atoms with Crippen LogP contribution < -0.4 is 9.62 Å². The van der Waals surface area contributed by atoms with Crippen molar-refractivity contribution in [2.45, 2.75) is 41.8 Å². The van der Waals surface area contributed by atoms with E-state index in [0.717, 1.165) is 36.3 Å². The molecule has 41 heavy (non-hydrogen) atoms. The summed E-state index contributed by atoms with van der Waals surface area (Å²) in [6.45, 7) is 7.27. The van der Waals surface area contributed by atoms with Gasteiger partial charge in [0.1, 0.15) is 5.82 Å². The lowest BCUT2D eigenvalue weighted by Crippen LogP contribution is -2.57. The Balaban J connectivity index is 1.38. The van der Waals surface area contributed by atoms with Crippen molar-refractivity contribution in [3.63, 3.8) is 0 Å². The molecule has 6 rings (SSSR count). The van der Waals surface area contributed by atoms with E-state index >= 15 is 0 Å². The number of ether oxygens (including phenoxy) is 1. The van der Waals surface area contributed by atoms with Gasteiger partial charge in [-0.15, -0.1) is 6.58 Å². The molecule has 2 saturated heterocycles. The van der Waals surface area contributed by atoms with Crippen molar-refractivity contribution >= 4 is 33.2 Å². The highest BCUT2D eigenvalue weighted by atomic mass is 35.5. The zero-order chi connectivity index (χ0) is 28.8. The summed E-state index contributed by atoms with van der Waals surface area (Å²) in [6.07, 6.45) is 3.07. The molecule has 0 aliphatic carbocycles. The number of anilines is 1. The maximum atomic E-state index is 14.1. The van der Waals surface area contributed by atoms with E-state index in [1.165, 1.54) is 16.4 Å². The minimum absolute atomic E-state index is 0.000591. The number of hydrogen-bond donors (Lipinski definition) is 1. The number of likely N-dealkylation sites (tertiary alicyclic amines) is 1. The molecule has 3 aromatic rings. The van der Waals surface area contributed by atoms with Crippen molar-refractivity contribution in [2.75, 3.05) is 30.6 Å². The first kappa shape index (κ1) is 27.9. The zero-order valence-electron chi connectivity index (χ0n) is 22.4. The van der Waals surface area contributed by atoms with E-state index < -0.39 is 27.3 Å². The molecular formula is C31H31ClFN3O4S. The molecular weight excluding hydrogens is 565 g/mol. The second kappa shape index (κ2) is 10.9. The predicted octanol–water partition coefficient (Wildman–Crippen LogP) is 4.91. The molecule has 0 radical (unpaired) electrons. The van der Waals surface area contributed by atoms with Crippen LogP contribution in [0.5, 0.6) is 0 Å². The highest BCUT2D eigenvalue weighted by Gasteiger charge is 2.55. The monoisotopic (exact) mass is 595 g/mol. The Labute approximate surface area is 244 Å². The SMILES string of the molecule is C=CC1N(S(=O)(=O)c2ccc(F)cc2)c2ccc(C(=O)NCc3ccccc3Cl)cc2C12CCN(C1COC1)CC2. The van der Waals surface area contributed by atoms with Crippen molar-refractivity contribution in [3.8, 4) is 0 Å². The van der Waals surface area contributed by atoms with Gasteiger partial charge in [-0.2, -0.15) is 0 Å². The first-order valence-corrected chi connectivity index (χ1v) is 15.5. The highest BCUT2D eigenvalue weighted by Crippen LogP contribution is 2.54. The van der Waals surface area contributed by atoms with Crippen LogP contribution >= 0.6 is 11.6 Å². The molecule has 1 N–H and O–H groups in total. The largest absolute Gasteiger partial charge is 0.378 e. The fourth-order valence-electron chi connectivity index (χ4n) is 6.33. The number of nitrogens with one attached hydrogen (secondary N) is 1. The molecule has 214 valence electrons. The van der Waals surface area contributed by atoms with Gasteiger partial charge in [-0.05, 0) is 85.6 Å². The number of fused-ring (bicyclic) bond motifs is 2. The van der Waals surface area contributed by atoms with Gasteiger partial charge in [0.2, 0.25) is 0 Å². The van der Waals surface area contributed by atoms with E-state index in [1.807, 2.05) is 24.3 Å². The van der Waals surface area contributed by atoms with E-state index in [9.17, 15) is 17.6 Å². The van der Waals surface area contributed by atoms with Crippen molar-refractivity contribution in [1.29, 1.82) is 0 Å². The average Bonchev–Trinajstić information content (AvgIpc) is 3.22. The summed E-state index contributed by atoms with van der Waals surface area (Å²) in [4.78, 5) is 15.7. The Bertz CT molecular complexity index is 1590. The third kappa shape index (κ3) is 4.84. The topological polar surface area (TPSA) is 79.0 Å². The summed E-state index contributed by atoms with van der Waals surface area (Å²) in [5, 5.41) is 3.51. The van der Waals surface area contributed by atoms with E-state index in [-0.39, 0.29) is 17.3 Å². The summed E-state index contributed by atoms with van der Waals surface area (Å²) >= 11 is 6.27. The number of carbonyl (C=O) groups is 1. The van der Waals surface area contributed by atoms with Crippen LogP contribution in [0.1, 0.15) is 34.3 Å². The molecule has 3 heterocycles. The van der Waals surface area contributed by atoms with Gasteiger partial charge in [-0.1, -0.05) is 35.9 Å². The second-order valence-electron chi connectivity index (χ2n) is 10.8. The second-order valence-corrected chi connectivity index (χ2v) is 13.0. The van der Waals surface area contributed by atoms with Crippen molar-refractivity contribution in [2.24, 2.45) is 0 Å². The fraction of sp³-hybridized carbons (Fsp3) is 0.323. The lowest BCUT2D eigenvalue weighted by Gasteiger charge is -2.47. The van der Waals surface area contributed by atoms with Gasteiger partial charge in [-0.25, -0.2) is 12.8 Å². The van der Waals surface area contributed by atoms with E-state index in [1.54, 1.807) is 24.3 Å². The van der Waals surface area contributed by atoms with Crippen LogP contribution in [-0.4, -0.2) is 57.6 Å². The van der Waals surface area contributed by atoms with Crippen LogP contribution in [0.4, 0.5) is 10.1 Å². The third-order valence-corrected chi connectivity index (χ3v) is 10.8. The minimum Gasteiger partial charge on any atom is -0.378 e. The Kier molecular flexibility index (Phi) is 7.40. The Morgan fingerprint density at radius 2 is 1.80 bits per heavy atom. The molecule has 3 aromatic carbocycles. The quantitative estimate of drug-likeness (QED) is 0.393. The summed E-state index contributed by atoms with van der Waals surface area (Å²) in [5.74, 6) is -0.788. The molecule has 1 atom stereocenters. The van der Waals surface area contributed by atoms with E-state index in [4.69, 9.17) is 16.3 Å². The first-order chi connectivity index (χ1) is 19.7. The van der Waals surface area contributed by atoms with Crippen LogP contribution in [0.25, 0.3) is 0 Å². The van der Waals surface area contributed by atoms with Gasteiger partial charge < -0.3 is 10.1 Å². The molecule has 1 amide bonds. The molecule has 0 aromatic heterocycles. The molecule has 1 unspecified atom stereocenters. The summed E-state index contributed by atoms with van der Waals surface area (Å²) < 4.78 is 48.7. The Morgan fingerprint density at radius 3 is 2.44 bits per heavy atom. The number of sulfonamides is 1. The van der Waals surface area contributed by atoms with Crippen LogP contribution in [0, 0.1) is 5.82 Å². The molecule has 3 aliphatic rings. The Hall–Kier alpha value is -3.24. The average molecular weight is 596 g/mol. The summed E-state index contributed by atoms with van der Waals surface area (Å²) in [5.41, 5.74) is 1.99. The molecule has 0 saturated carbocycles. The van der Waals surface area contributed by atoms with Crippen LogP contribution in [-0.2, 0) is 26.7 Å². The van der Waals surface area contributed by atoms with Gasteiger partial charge in [-0.3, -0.25) is 14.0 Å². The Morgan fingerprint density at radius 1 is 1.10 bits per heavy atom. The minimum atomic E-state index is -4.07. The number of carbonyl (C=O) groups excluding carboxylic acids is 1. The number of halogens is 2. The molecule has 1 spiro atoms. The summed E-state index contributed by atoms with van der Waals surface area (Å²) in [6, 6.07) is 17.2. The van der Waals surface area contributed by atoms with Crippen LogP contribution in [0.2, 0.25) is 5.02 Å². The number of amides is 1. The van der Waals surface area contributed by atoms with Gasteiger partial charge >= 0.3 is 0 Å². The lowest BCUT2D eigenvalue weighted by atomic mass is 9.69. The third-order valence-electron chi connectivity index (χ3n) is 8.67. The number of piperidine rings is 1. The molecule has 2 fully saturated rings. The lowest BCUT2D eigenvalue weighted by molar-refractivity contribution is -0.0759. The highest BCUT2D eigenvalue weighted by molar-refractivity contribution is 7.93. The molecule has 0 bridgehead atoms. The van der Waals surface area contributed by atoms with Crippen molar-refractivity contribution in [3.05, 3.63) is 107 Å². The summed E-state index contributed by atoms with van der Waals surface area (Å²) in [7, 11) is -4.07. The molecule has 3 aliphatic heterocycles. The van der Waals surface area contributed by atoms with Gasteiger partial charge in [0.05, 0.1) is 35.9 Å². The standard InChI is InChI=1S/C31H31ClFN3O4S/c1-2-29-31(13-15-35(16-14-31)24-19-40-20-24)26-17-21(30(37)34-18-22-5-3-4-6-27(22)32)7-12-28(26)36(29)41(38,39)25-10-8-23(33)9-11-25/h2-12,17,24,29H,1,13-16,18-20H2,(H,34,37). The van der Waals surface area contributed by atoms with Crippen molar-refractivity contribution in [1.82, 2.24) is 10.2 Å². The smallest absolute Gasteiger partial charge is 0.264 e. The van der Waals surface area contributed by atoms with Crippen LogP contribution in [0.15, 0.2) is 84.3 Å². The van der Waals surface area contributed by atoms with E-state index in [0.29, 0.717) is 48.4 Å². The number of nitrogens with zero attached hydrogens (tertiary/aromatic N) is 2. The first-order valence-electron chi connectivity index (χ1n) is 13.6. The van der Waals surface area contributed by atoms with E-state index in [2.05, 4.69) is 16.8 Å². The number of rotatable bonds is 7. The van der Waals surface area contributed by atoms with Gasteiger partial charge in [0.15, 0.2) is 0 Å². The maximum Gasteiger partial charge on any atom is 0.264 e. The van der Waals surface area contributed by atoms with Gasteiger partial charge in [0, 0.05) is 22.5 Å². The number of hydrogen-bond acceptors (Lipinski definition) is 5. The fourth-order valence-corrected chi connectivity index (χ4v) is 8.24. The van der Waals surface area contributed by atoms with Crippen molar-refractivity contribution < 1.29 is 22.3 Å². The molecule has 10 heteroatoms. The predicted molar refractivity (Wildman–Crippen MR) is 156 cm³/mol. The zero-order valence-corrected chi connectivity index (χ0v) is 24.0. The normalized spacial score (nSPS) is 20.4.